The Kier molecular flexibility index (Phi) is 7.08. The standard InChI is InChI=1S/C20H25ClN4O3/c1-24-8-4-7-17(24)18(25-9-11-28-12-10-25)14-23-20(27)19(26)22-13-15-5-2-3-6-16(15)21/h2-8,18H,9-14H2,1H3,(H,22,26)(H,23,27)/t18-/m1/s1. The number of carbonyl (C=O) groups excluding carboxylic acids is 2. The molecule has 1 atom stereocenters. The van der Waals surface area contributed by atoms with Crippen LogP contribution in [0.5, 0.6) is 0 Å². The molecule has 7 nitrogen and oxygen atoms in total. The molecule has 0 bridgehead atoms. The van der Waals surface area contributed by atoms with Crippen molar-refractivity contribution in [3.05, 3.63) is 58.9 Å². The molecule has 8 heteroatoms. The first-order valence-corrected chi connectivity index (χ1v) is 9.66. The molecule has 1 saturated heterocycles. The van der Waals surface area contributed by atoms with E-state index in [2.05, 4.69) is 15.5 Å². The number of aryl methyl sites for hydroxylation is 1. The van der Waals surface area contributed by atoms with Crippen LogP contribution in [0.25, 0.3) is 0 Å². The molecule has 0 radical (unpaired) electrons. The van der Waals surface area contributed by atoms with E-state index in [0.29, 0.717) is 24.8 Å². The van der Waals surface area contributed by atoms with Gasteiger partial charge in [0.05, 0.1) is 19.3 Å². The van der Waals surface area contributed by atoms with E-state index in [1.807, 2.05) is 48.1 Å². The Balaban J connectivity index is 1.57. The maximum atomic E-state index is 12.3. The van der Waals surface area contributed by atoms with Gasteiger partial charge in [-0.25, -0.2) is 0 Å². The Morgan fingerprint density at radius 1 is 1.11 bits per heavy atom. The van der Waals surface area contributed by atoms with E-state index in [-0.39, 0.29) is 12.6 Å². The van der Waals surface area contributed by atoms with Crippen LogP contribution < -0.4 is 10.6 Å². The monoisotopic (exact) mass is 404 g/mol. The highest BCUT2D eigenvalue weighted by molar-refractivity contribution is 6.35. The second-order valence-electron chi connectivity index (χ2n) is 6.69. The van der Waals surface area contributed by atoms with E-state index in [0.717, 1.165) is 24.3 Å². The van der Waals surface area contributed by atoms with Gasteiger partial charge in [0.25, 0.3) is 0 Å². The van der Waals surface area contributed by atoms with E-state index in [9.17, 15) is 9.59 Å². The SMILES string of the molecule is Cn1cccc1[C@@H](CNC(=O)C(=O)NCc1ccccc1Cl)N1CCOCC1. The third-order valence-electron chi connectivity index (χ3n) is 4.87. The minimum atomic E-state index is -0.674. The summed E-state index contributed by atoms with van der Waals surface area (Å²) < 4.78 is 7.47. The fraction of sp³-hybridized carbons (Fsp3) is 0.400. The number of rotatable bonds is 6. The van der Waals surface area contributed by atoms with Gasteiger partial charge < -0.3 is 19.9 Å². The lowest BCUT2D eigenvalue weighted by Gasteiger charge is -2.34. The minimum absolute atomic E-state index is 0.0239. The summed E-state index contributed by atoms with van der Waals surface area (Å²) in [5.74, 6) is -1.33. The van der Waals surface area contributed by atoms with E-state index >= 15 is 0 Å². The highest BCUT2D eigenvalue weighted by atomic mass is 35.5. The van der Waals surface area contributed by atoms with Crippen LogP contribution in [0.4, 0.5) is 0 Å². The first-order chi connectivity index (χ1) is 13.6. The summed E-state index contributed by atoms with van der Waals surface area (Å²) in [5, 5.41) is 5.94. The van der Waals surface area contributed by atoms with Gasteiger partial charge in [-0.3, -0.25) is 14.5 Å². The van der Waals surface area contributed by atoms with Crippen molar-refractivity contribution in [2.24, 2.45) is 7.05 Å². The van der Waals surface area contributed by atoms with Gasteiger partial charge in [-0.05, 0) is 23.8 Å². The number of hydrogen-bond donors (Lipinski definition) is 2. The zero-order chi connectivity index (χ0) is 19.9. The Morgan fingerprint density at radius 2 is 1.82 bits per heavy atom. The number of amides is 2. The molecule has 1 fully saturated rings. The molecule has 28 heavy (non-hydrogen) atoms. The molecule has 0 saturated carbocycles. The van der Waals surface area contributed by atoms with E-state index in [1.165, 1.54) is 0 Å². The topological polar surface area (TPSA) is 75.6 Å². The highest BCUT2D eigenvalue weighted by Crippen LogP contribution is 2.21. The molecule has 1 aromatic carbocycles. The molecule has 3 rings (SSSR count). The molecule has 2 heterocycles. The molecule has 1 aliphatic rings. The van der Waals surface area contributed by atoms with Crippen LogP contribution in [0.3, 0.4) is 0 Å². The number of ether oxygens (including phenoxy) is 1. The lowest BCUT2D eigenvalue weighted by molar-refractivity contribution is -0.139. The number of nitrogens with one attached hydrogen (secondary N) is 2. The predicted octanol–water partition coefficient (Wildman–Crippen LogP) is 1.48. The van der Waals surface area contributed by atoms with Crippen molar-refractivity contribution in [2.45, 2.75) is 12.6 Å². The summed E-state index contributed by atoms with van der Waals surface area (Å²) in [5.41, 5.74) is 1.85. The molecule has 1 aromatic heterocycles. The van der Waals surface area contributed by atoms with Crippen molar-refractivity contribution in [1.29, 1.82) is 0 Å². The van der Waals surface area contributed by atoms with Gasteiger partial charge in [-0.15, -0.1) is 0 Å². The first-order valence-electron chi connectivity index (χ1n) is 9.28. The first kappa shape index (κ1) is 20.4. The van der Waals surface area contributed by atoms with Crippen molar-refractivity contribution in [3.63, 3.8) is 0 Å². The largest absolute Gasteiger partial charge is 0.379 e. The van der Waals surface area contributed by atoms with Crippen LogP contribution in [0.15, 0.2) is 42.6 Å². The normalized spacial score (nSPS) is 15.8. The Bertz CT molecular complexity index is 817. The summed E-state index contributed by atoms with van der Waals surface area (Å²) in [6.07, 6.45) is 1.97. The van der Waals surface area contributed by atoms with Crippen molar-refractivity contribution < 1.29 is 14.3 Å². The van der Waals surface area contributed by atoms with Gasteiger partial charge in [0, 0.05) is 50.1 Å². The number of aromatic nitrogens is 1. The van der Waals surface area contributed by atoms with Crippen LogP contribution in [0, 0.1) is 0 Å². The second-order valence-corrected chi connectivity index (χ2v) is 7.10. The lowest BCUT2D eigenvalue weighted by Crippen LogP contribution is -2.47. The van der Waals surface area contributed by atoms with Gasteiger partial charge in [0.2, 0.25) is 0 Å². The van der Waals surface area contributed by atoms with Crippen LogP contribution in [-0.4, -0.2) is 54.1 Å². The molecule has 0 unspecified atom stereocenters. The molecule has 0 aliphatic carbocycles. The van der Waals surface area contributed by atoms with Crippen molar-refractivity contribution in [1.82, 2.24) is 20.1 Å². The van der Waals surface area contributed by atoms with Crippen LogP contribution >= 0.6 is 11.6 Å². The van der Waals surface area contributed by atoms with Gasteiger partial charge in [-0.1, -0.05) is 29.8 Å². The molecule has 2 aromatic rings. The molecule has 2 amide bonds. The van der Waals surface area contributed by atoms with Crippen molar-refractivity contribution in [2.75, 3.05) is 32.8 Å². The number of nitrogens with zero attached hydrogens (tertiary/aromatic N) is 2. The molecular weight excluding hydrogens is 380 g/mol. The summed E-state index contributed by atoms with van der Waals surface area (Å²) in [6.45, 7) is 3.43. The number of morpholine rings is 1. The minimum Gasteiger partial charge on any atom is -0.379 e. The Hall–Kier alpha value is -2.35. The summed E-state index contributed by atoms with van der Waals surface area (Å²) >= 11 is 6.08. The third-order valence-corrected chi connectivity index (χ3v) is 5.24. The van der Waals surface area contributed by atoms with E-state index < -0.39 is 11.8 Å². The van der Waals surface area contributed by atoms with Crippen LogP contribution in [-0.2, 0) is 27.9 Å². The van der Waals surface area contributed by atoms with Gasteiger partial charge in [0.1, 0.15) is 0 Å². The zero-order valence-corrected chi connectivity index (χ0v) is 16.6. The Morgan fingerprint density at radius 3 is 2.50 bits per heavy atom. The number of halogens is 1. The molecular formula is C20H25ClN4O3. The molecule has 0 spiro atoms. The lowest BCUT2D eigenvalue weighted by atomic mass is 10.1. The molecule has 150 valence electrons. The second kappa shape index (κ2) is 9.73. The van der Waals surface area contributed by atoms with Gasteiger partial charge in [0.15, 0.2) is 0 Å². The summed E-state index contributed by atoms with van der Waals surface area (Å²) in [7, 11) is 1.97. The Labute approximate surface area is 169 Å². The van der Waals surface area contributed by atoms with Crippen LogP contribution in [0.2, 0.25) is 5.02 Å². The maximum absolute atomic E-state index is 12.3. The summed E-state index contributed by atoms with van der Waals surface area (Å²) in [4.78, 5) is 26.7. The number of benzene rings is 1. The van der Waals surface area contributed by atoms with E-state index in [1.54, 1.807) is 6.07 Å². The summed E-state index contributed by atoms with van der Waals surface area (Å²) in [6, 6.07) is 11.2. The maximum Gasteiger partial charge on any atom is 0.309 e. The fourth-order valence-corrected chi connectivity index (χ4v) is 3.50. The van der Waals surface area contributed by atoms with E-state index in [4.69, 9.17) is 16.3 Å². The van der Waals surface area contributed by atoms with Crippen LogP contribution in [0.1, 0.15) is 17.3 Å². The smallest absolute Gasteiger partial charge is 0.309 e. The third kappa shape index (κ3) is 5.13. The molecule has 2 N–H and O–H groups in total. The number of carbonyl (C=O) groups is 2. The van der Waals surface area contributed by atoms with Gasteiger partial charge in [-0.2, -0.15) is 0 Å². The number of hydrogen-bond acceptors (Lipinski definition) is 4. The molecule has 1 aliphatic heterocycles. The average molecular weight is 405 g/mol. The highest BCUT2D eigenvalue weighted by Gasteiger charge is 2.26. The zero-order valence-electron chi connectivity index (χ0n) is 15.9. The quantitative estimate of drug-likeness (QED) is 0.715. The fourth-order valence-electron chi connectivity index (χ4n) is 3.30. The average Bonchev–Trinajstić information content (AvgIpc) is 3.13. The van der Waals surface area contributed by atoms with Crippen molar-refractivity contribution >= 4 is 23.4 Å². The van der Waals surface area contributed by atoms with Crippen molar-refractivity contribution in [3.8, 4) is 0 Å². The predicted molar refractivity (Wildman–Crippen MR) is 107 cm³/mol. The van der Waals surface area contributed by atoms with Gasteiger partial charge >= 0.3 is 11.8 Å².